The normalized spacial score (nSPS) is 25.0. The SMILES string of the molecule is CN(C)C(=O)[C@@H]1CC[C@@H](CNC2Cc3ccccc3C2)O1. The van der Waals surface area contributed by atoms with Gasteiger partial charge in [-0.2, -0.15) is 0 Å². The molecule has 4 heteroatoms. The Kier molecular flexibility index (Phi) is 4.27. The van der Waals surface area contributed by atoms with Crippen molar-refractivity contribution in [2.45, 2.75) is 43.9 Å². The molecule has 0 aromatic heterocycles. The van der Waals surface area contributed by atoms with Gasteiger partial charge in [0.2, 0.25) is 0 Å². The van der Waals surface area contributed by atoms with E-state index in [2.05, 4.69) is 29.6 Å². The molecule has 3 rings (SSSR count). The third-order valence-electron chi connectivity index (χ3n) is 4.51. The lowest BCUT2D eigenvalue weighted by molar-refractivity contribution is -0.140. The van der Waals surface area contributed by atoms with Crippen LogP contribution in [-0.4, -0.2) is 49.7 Å². The molecule has 1 saturated heterocycles. The van der Waals surface area contributed by atoms with Crippen molar-refractivity contribution < 1.29 is 9.53 Å². The first-order valence-corrected chi connectivity index (χ1v) is 7.80. The first-order chi connectivity index (χ1) is 10.1. The van der Waals surface area contributed by atoms with E-state index in [1.807, 2.05) is 0 Å². The first-order valence-electron chi connectivity index (χ1n) is 7.80. The summed E-state index contributed by atoms with van der Waals surface area (Å²) in [6, 6.07) is 9.16. The Morgan fingerprint density at radius 2 is 1.90 bits per heavy atom. The second-order valence-corrected chi connectivity index (χ2v) is 6.34. The molecule has 1 heterocycles. The number of benzene rings is 1. The number of likely N-dealkylation sites (N-methyl/N-ethyl adjacent to an activating group) is 1. The van der Waals surface area contributed by atoms with E-state index in [1.165, 1.54) is 11.1 Å². The molecule has 1 aliphatic carbocycles. The van der Waals surface area contributed by atoms with E-state index >= 15 is 0 Å². The summed E-state index contributed by atoms with van der Waals surface area (Å²) in [5.74, 6) is 0.0887. The third-order valence-corrected chi connectivity index (χ3v) is 4.51. The summed E-state index contributed by atoms with van der Waals surface area (Å²) in [5.41, 5.74) is 2.92. The summed E-state index contributed by atoms with van der Waals surface area (Å²) in [4.78, 5) is 13.5. The second-order valence-electron chi connectivity index (χ2n) is 6.34. The van der Waals surface area contributed by atoms with E-state index < -0.39 is 0 Å². The molecule has 2 atom stereocenters. The number of fused-ring (bicyclic) bond motifs is 1. The molecule has 2 aliphatic rings. The van der Waals surface area contributed by atoms with Crippen molar-refractivity contribution in [1.29, 1.82) is 0 Å². The van der Waals surface area contributed by atoms with Gasteiger partial charge < -0.3 is 15.0 Å². The van der Waals surface area contributed by atoms with Crippen LogP contribution in [0.3, 0.4) is 0 Å². The molecule has 0 saturated carbocycles. The topological polar surface area (TPSA) is 41.6 Å². The largest absolute Gasteiger partial charge is 0.364 e. The summed E-state index contributed by atoms with van der Waals surface area (Å²) < 4.78 is 5.87. The zero-order chi connectivity index (χ0) is 14.8. The number of carbonyl (C=O) groups excluding carboxylic acids is 1. The molecule has 1 N–H and O–H groups in total. The Labute approximate surface area is 126 Å². The summed E-state index contributed by atoms with van der Waals surface area (Å²) >= 11 is 0. The highest BCUT2D eigenvalue weighted by Crippen LogP contribution is 2.23. The van der Waals surface area contributed by atoms with Crippen LogP contribution in [-0.2, 0) is 22.4 Å². The van der Waals surface area contributed by atoms with Crippen LogP contribution >= 0.6 is 0 Å². The Morgan fingerprint density at radius 1 is 1.24 bits per heavy atom. The van der Waals surface area contributed by atoms with Gasteiger partial charge in [0.05, 0.1) is 6.10 Å². The molecule has 1 aromatic carbocycles. The minimum absolute atomic E-state index is 0.0887. The summed E-state index contributed by atoms with van der Waals surface area (Å²) in [7, 11) is 3.57. The van der Waals surface area contributed by atoms with Crippen molar-refractivity contribution in [2.24, 2.45) is 0 Å². The van der Waals surface area contributed by atoms with E-state index in [1.54, 1.807) is 19.0 Å². The minimum Gasteiger partial charge on any atom is -0.364 e. The number of nitrogens with zero attached hydrogens (tertiary/aromatic N) is 1. The monoisotopic (exact) mass is 288 g/mol. The molecule has 0 radical (unpaired) electrons. The molecule has 21 heavy (non-hydrogen) atoms. The van der Waals surface area contributed by atoms with E-state index in [0.29, 0.717) is 6.04 Å². The Balaban J connectivity index is 1.45. The van der Waals surface area contributed by atoms with Gasteiger partial charge in [0, 0.05) is 26.7 Å². The van der Waals surface area contributed by atoms with Gasteiger partial charge in [0.15, 0.2) is 0 Å². The number of rotatable bonds is 4. The highest BCUT2D eigenvalue weighted by molar-refractivity contribution is 5.80. The lowest BCUT2D eigenvalue weighted by Crippen LogP contribution is -2.38. The molecule has 1 fully saturated rings. The molecular formula is C17H24N2O2. The van der Waals surface area contributed by atoms with Gasteiger partial charge in [-0.05, 0) is 36.8 Å². The van der Waals surface area contributed by atoms with Crippen LogP contribution in [0.2, 0.25) is 0 Å². The molecule has 1 aliphatic heterocycles. The third kappa shape index (κ3) is 3.27. The number of hydrogen-bond acceptors (Lipinski definition) is 3. The van der Waals surface area contributed by atoms with Crippen LogP contribution in [0.25, 0.3) is 0 Å². The van der Waals surface area contributed by atoms with Crippen molar-refractivity contribution in [3.05, 3.63) is 35.4 Å². The summed E-state index contributed by atoms with van der Waals surface area (Å²) in [6.45, 7) is 0.843. The second kappa shape index (κ2) is 6.16. The van der Waals surface area contributed by atoms with Gasteiger partial charge in [-0.25, -0.2) is 0 Å². The molecular weight excluding hydrogens is 264 g/mol. The van der Waals surface area contributed by atoms with Crippen LogP contribution in [0.4, 0.5) is 0 Å². The van der Waals surface area contributed by atoms with E-state index in [9.17, 15) is 4.79 Å². The molecule has 0 spiro atoms. The quantitative estimate of drug-likeness (QED) is 0.910. The molecule has 1 amide bonds. The van der Waals surface area contributed by atoms with Crippen molar-refractivity contribution in [2.75, 3.05) is 20.6 Å². The fourth-order valence-corrected chi connectivity index (χ4v) is 3.33. The highest BCUT2D eigenvalue weighted by Gasteiger charge is 2.32. The smallest absolute Gasteiger partial charge is 0.251 e. The van der Waals surface area contributed by atoms with Crippen molar-refractivity contribution in [3.63, 3.8) is 0 Å². The molecule has 1 aromatic rings. The average molecular weight is 288 g/mol. The number of amides is 1. The van der Waals surface area contributed by atoms with Gasteiger partial charge in [0.25, 0.3) is 5.91 Å². The standard InChI is InChI=1S/C17H24N2O2/c1-19(2)17(20)16-8-7-15(21-16)11-18-14-9-12-5-3-4-6-13(12)10-14/h3-6,14-16,18H,7-11H2,1-2H3/t15-,16-/m0/s1. The van der Waals surface area contributed by atoms with E-state index in [0.717, 1.165) is 32.2 Å². The fraction of sp³-hybridized carbons (Fsp3) is 0.588. The van der Waals surface area contributed by atoms with Gasteiger partial charge >= 0.3 is 0 Å². The van der Waals surface area contributed by atoms with E-state index in [-0.39, 0.29) is 18.1 Å². The van der Waals surface area contributed by atoms with Crippen LogP contribution < -0.4 is 5.32 Å². The number of carbonyl (C=O) groups is 1. The zero-order valence-corrected chi connectivity index (χ0v) is 12.8. The maximum Gasteiger partial charge on any atom is 0.251 e. The Bertz CT molecular complexity index is 490. The molecule has 114 valence electrons. The van der Waals surface area contributed by atoms with Crippen LogP contribution in [0.5, 0.6) is 0 Å². The maximum atomic E-state index is 11.9. The number of ether oxygens (including phenoxy) is 1. The van der Waals surface area contributed by atoms with Crippen LogP contribution in [0.15, 0.2) is 24.3 Å². The van der Waals surface area contributed by atoms with Gasteiger partial charge in [0.1, 0.15) is 6.10 Å². The average Bonchev–Trinajstić information content (AvgIpc) is 3.10. The fourth-order valence-electron chi connectivity index (χ4n) is 3.33. The van der Waals surface area contributed by atoms with Crippen molar-refractivity contribution in [1.82, 2.24) is 10.2 Å². The Hall–Kier alpha value is -1.39. The lowest BCUT2D eigenvalue weighted by atomic mass is 10.1. The van der Waals surface area contributed by atoms with Crippen molar-refractivity contribution in [3.8, 4) is 0 Å². The highest BCUT2D eigenvalue weighted by atomic mass is 16.5. The van der Waals surface area contributed by atoms with Gasteiger partial charge in [-0.15, -0.1) is 0 Å². The maximum absolute atomic E-state index is 11.9. The first kappa shape index (κ1) is 14.5. The van der Waals surface area contributed by atoms with Gasteiger partial charge in [-0.3, -0.25) is 4.79 Å². The minimum atomic E-state index is -0.243. The number of hydrogen-bond donors (Lipinski definition) is 1. The summed E-state index contributed by atoms with van der Waals surface area (Å²) in [6.07, 6.45) is 3.94. The summed E-state index contributed by atoms with van der Waals surface area (Å²) in [5, 5.41) is 3.61. The zero-order valence-electron chi connectivity index (χ0n) is 12.8. The van der Waals surface area contributed by atoms with Crippen LogP contribution in [0, 0.1) is 0 Å². The predicted octanol–water partition coefficient (Wildman–Crippen LogP) is 1.38. The van der Waals surface area contributed by atoms with Gasteiger partial charge in [-0.1, -0.05) is 24.3 Å². The van der Waals surface area contributed by atoms with Crippen molar-refractivity contribution >= 4 is 5.91 Å². The number of nitrogens with one attached hydrogen (secondary N) is 1. The predicted molar refractivity (Wildman–Crippen MR) is 82.2 cm³/mol. The van der Waals surface area contributed by atoms with Crippen LogP contribution in [0.1, 0.15) is 24.0 Å². The van der Waals surface area contributed by atoms with E-state index in [4.69, 9.17) is 4.74 Å². The Morgan fingerprint density at radius 3 is 2.52 bits per heavy atom. The molecule has 4 nitrogen and oxygen atoms in total. The lowest BCUT2D eigenvalue weighted by Gasteiger charge is -2.19. The molecule has 0 unspecified atom stereocenters. The molecule has 0 bridgehead atoms.